The Bertz CT molecular complexity index is 1030. The highest BCUT2D eigenvalue weighted by Gasteiger charge is 2.15. The number of anilines is 2. The summed E-state index contributed by atoms with van der Waals surface area (Å²) < 4.78 is 0.639. The van der Waals surface area contributed by atoms with E-state index in [1.807, 2.05) is 31.2 Å². The van der Waals surface area contributed by atoms with Gasteiger partial charge in [-0.3, -0.25) is 10.1 Å². The smallest absolute Gasteiger partial charge is 0.211 e. The van der Waals surface area contributed by atoms with Gasteiger partial charge >= 0.3 is 0 Å². The van der Waals surface area contributed by atoms with Gasteiger partial charge in [-0.1, -0.05) is 48.8 Å². The van der Waals surface area contributed by atoms with E-state index < -0.39 is 0 Å². The minimum atomic E-state index is 0. The topological polar surface area (TPSA) is 141 Å². The Morgan fingerprint density at radius 3 is 2.66 bits per heavy atom. The number of aromatic nitrogens is 3. The number of aromatic amines is 1. The molecule has 1 fully saturated rings. The van der Waals surface area contributed by atoms with Crippen molar-refractivity contribution < 1.29 is 11.0 Å². The van der Waals surface area contributed by atoms with E-state index in [-0.39, 0.29) is 11.0 Å². The molecule has 10 heteroatoms. The fraction of sp³-hybridized carbons (Fsp3) is 0.368. The molecule has 0 atom stereocenters. The van der Waals surface area contributed by atoms with Crippen molar-refractivity contribution in [2.45, 2.75) is 45.1 Å². The van der Waals surface area contributed by atoms with Gasteiger partial charge in [-0.2, -0.15) is 0 Å². The van der Waals surface area contributed by atoms with Crippen LogP contribution in [0.15, 0.2) is 35.3 Å². The molecule has 8 nitrogen and oxygen atoms in total. The van der Waals surface area contributed by atoms with Gasteiger partial charge in [-0.25, -0.2) is 4.99 Å². The van der Waals surface area contributed by atoms with Crippen molar-refractivity contribution in [1.29, 1.82) is 0 Å². The fourth-order valence-corrected chi connectivity index (χ4v) is 4.20. The number of H-pyrrole nitrogens is 1. The van der Waals surface area contributed by atoms with Crippen LogP contribution in [0.4, 0.5) is 10.8 Å². The van der Waals surface area contributed by atoms with Crippen LogP contribution in [0.5, 0.6) is 0 Å². The summed E-state index contributed by atoms with van der Waals surface area (Å²) in [5, 5.41) is 15.6. The van der Waals surface area contributed by atoms with Gasteiger partial charge in [-0.15, -0.1) is 5.10 Å². The van der Waals surface area contributed by atoms with Crippen LogP contribution in [0.3, 0.4) is 0 Å². The molecule has 1 aromatic carbocycles. The molecule has 0 saturated heterocycles. The normalized spacial score (nSPS) is 14.7. The minimum Gasteiger partial charge on any atom is -0.412 e. The Balaban J connectivity index is 0.00000150. The number of rotatable bonds is 3. The molecule has 1 saturated carbocycles. The number of aliphatic imine (C=N–C) groups is 1. The molecule has 1 aliphatic rings. The zero-order chi connectivity index (χ0) is 18.6. The molecule has 0 unspecified atom stereocenters. The number of guanidine groups is 1. The van der Waals surface area contributed by atoms with E-state index >= 15 is 0 Å². The number of nitrogens with one attached hydrogen (secondary N) is 3. The molecule has 0 spiro atoms. The highest BCUT2D eigenvalue weighted by Crippen LogP contribution is 2.25. The van der Waals surface area contributed by atoms with Gasteiger partial charge in [0.15, 0.2) is 3.95 Å². The summed E-state index contributed by atoms with van der Waals surface area (Å²) in [5.74, 6) is 0.704. The number of benzene rings is 1. The lowest BCUT2D eigenvalue weighted by molar-refractivity contribution is 0.443. The number of aryl methyl sites for hydroxylation is 1. The Hall–Kier alpha value is -2.40. The molecule has 0 amide bonds. The second-order valence-corrected chi connectivity index (χ2v) is 8.43. The molecule has 2 aromatic heterocycles. The maximum Gasteiger partial charge on any atom is 0.211 e. The van der Waals surface area contributed by atoms with Gasteiger partial charge in [0.25, 0.3) is 0 Å². The van der Waals surface area contributed by atoms with Crippen LogP contribution in [-0.2, 0) is 0 Å². The van der Waals surface area contributed by atoms with E-state index in [0.29, 0.717) is 21.1 Å². The van der Waals surface area contributed by atoms with E-state index in [9.17, 15) is 0 Å². The summed E-state index contributed by atoms with van der Waals surface area (Å²) in [6, 6.07) is 10.5. The van der Waals surface area contributed by atoms with Crippen molar-refractivity contribution in [3.63, 3.8) is 0 Å². The van der Waals surface area contributed by atoms with E-state index in [4.69, 9.17) is 17.2 Å². The van der Waals surface area contributed by atoms with Crippen molar-refractivity contribution in [1.82, 2.24) is 15.2 Å². The number of hydrogen-bond donors (Lipinski definition) is 3. The molecule has 1 aliphatic carbocycles. The van der Waals surface area contributed by atoms with Gasteiger partial charge in [0.05, 0.1) is 17.2 Å². The summed E-state index contributed by atoms with van der Waals surface area (Å²) in [7, 11) is 0. The molecule has 0 aliphatic heterocycles. The maximum atomic E-state index is 5.15. The summed E-state index contributed by atoms with van der Waals surface area (Å²) in [4.78, 5) is 9.58. The van der Waals surface area contributed by atoms with Crippen molar-refractivity contribution in [3.05, 3.63) is 40.0 Å². The Morgan fingerprint density at radius 1 is 1.17 bits per heavy atom. The Kier molecular flexibility index (Phi) is 8.21. The summed E-state index contributed by atoms with van der Waals surface area (Å²) >= 11 is 6.55. The second-order valence-electron chi connectivity index (χ2n) is 6.77. The molecule has 2 heterocycles. The first-order valence-electron chi connectivity index (χ1n) is 9.21. The minimum absolute atomic E-state index is 0. The summed E-state index contributed by atoms with van der Waals surface area (Å²) in [5.41, 5.74) is 2.91. The van der Waals surface area contributed by atoms with Crippen LogP contribution in [0.25, 0.3) is 10.9 Å². The van der Waals surface area contributed by atoms with Crippen molar-refractivity contribution in [3.8, 4) is 0 Å². The van der Waals surface area contributed by atoms with E-state index in [2.05, 4.69) is 31.9 Å². The number of pyridine rings is 1. The largest absolute Gasteiger partial charge is 0.412 e. The molecule has 4 rings (SSSR count). The summed E-state index contributed by atoms with van der Waals surface area (Å²) in [6.07, 6.45) is 6.02. The van der Waals surface area contributed by atoms with E-state index in [1.165, 1.54) is 30.6 Å². The summed E-state index contributed by atoms with van der Waals surface area (Å²) in [6.45, 7) is 2.00. The monoisotopic (exact) mass is 434 g/mol. The molecule has 0 radical (unpaired) electrons. The van der Waals surface area contributed by atoms with Gasteiger partial charge < -0.3 is 21.6 Å². The van der Waals surface area contributed by atoms with E-state index in [1.54, 1.807) is 0 Å². The Labute approximate surface area is 178 Å². The number of hydrogen-bond acceptors (Lipinski definition) is 5. The molecule has 3 aromatic rings. The third-order valence-corrected chi connectivity index (χ3v) is 5.65. The lowest BCUT2D eigenvalue weighted by Crippen LogP contribution is -2.26. The first-order chi connectivity index (χ1) is 13.2. The predicted molar refractivity (Wildman–Crippen MR) is 123 cm³/mol. The maximum absolute atomic E-state index is 5.15. The first kappa shape index (κ1) is 22.9. The number of fused-ring (bicyclic) bond motifs is 1. The van der Waals surface area contributed by atoms with Crippen LogP contribution in [0, 0.1) is 10.9 Å². The Morgan fingerprint density at radius 2 is 1.93 bits per heavy atom. The van der Waals surface area contributed by atoms with Crippen LogP contribution in [-0.4, -0.2) is 38.1 Å². The standard InChI is InChI=1S/C19H22N6S2.2H2O/c1-12-11-16(14-9-5-6-10-15(14)20-12)22-17(21-13-7-3-2-4-8-13)23-18-24-25-19(26)27-18;;/h5-6,9-11,13H,2-4,7-8H2,1H3,(H,25,26)(H2,20,21,22,23,24);2*1H2. The van der Waals surface area contributed by atoms with Crippen molar-refractivity contribution in [2.24, 2.45) is 4.99 Å². The predicted octanol–water partition coefficient (Wildman–Crippen LogP) is 3.62. The molecule has 0 bridgehead atoms. The number of nitrogens with zero attached hydrogens (tertiary/aromatic N) is 3. The number of para-hydroxylation sites is 1. The highest BCUT2D eigenvalue weighted by atomic mass is 32.1. The van der Waals surface area contributed by atoms with E-state index in [0.717, 1.165) is 35.1 Å². The SMILES string of the molecule is Cc1cc(NC(=NC2CCCCC2)Nc2n[nH]c(=S)s2)c2ccccc2n1.O.O. The zero-order valence-corrected chi connectivity index (χ0v) is 17.8. The molecular weight excluding hydrogens is 408 g/mol. The van der Waals surface area contributed by atoms with Crippen LogP contribution < -0.4 is 10.6 Å². The van der Waals surface area contributed by atoms with Gasteiger partial charge in [-0.05, 0) is 44.1 Å². The quantitative estimate of drug-likeness (QED) is 0.328. The molecule has 7 N–H and O–H groups in total. The average molecular weight is 435 g/mol. The molecular formula is C19H26N6O2S2. The molecule has 29 heavy (non-hydrogen) atoms. The van der Waals surface area contributed by atoms with Crippen LogP contribution >= 0.6 is 23.6 Å². The molecule has 156 valence electrons. The third-order valence-electron chi connectivity index (χ3n) is 4.65. The third kappa shape index (κ3) is 5.80. The van der Waals surface area contributed by atoms with Gasteiger partial charge in [0, 0.05) is 11.1 Å². The lowest BCUT2D eigenvalue weighted by atomic mass is 9.96. The highest BCUT2D eigenvalue weighted by molar-refractivity contribution is 7.73. The van der Waals surface area contributed by atoms with Crippen molar-refractivity contribution >= 4 is 51.2 Å². The fourth-order valence-electron chi connectivity index (χ4n) is 3.41. The van der Waals surface area contributed by atoms with Gasteiger partial charge in [0.2, 0.25) is 11.1 Å². The van der Waals surface area contributed by atoms with Crippen LogP contribution in [0.2, 0.25) is 0 Å². The van der Waals surface area contributed by atoms with Crippen LogP contribution in [0.1, 0.15) is 37.8 Å². The van der Waals surface area contributed by atoms with Gasteiger partial charge in [0.1, 0.15) is 0 Å². The zero-order valence-electron chi connectivity index (χ0n) is 16.2. The lowest BCUT2D eigenvalue weighted by Gasteiger charge is -2.20. The second kappa shape index (κ2) is 10.4. The van der Waals surface area contributed by atoms with Crippen molar-refractivity contribution in [2.75, 3.05) is 10.6 Å². The first-order valence-corrected chi connectivity index (χ1v) is 10.4. The average Bonchev–Trinajstić information content (AvgIpc) is 3.07.